The Morgan fingerprint density at radius 1 is 0.935 bits per heavy atom. The molecule has 2 heterocycles. The fourth-order valence-corrected chi connectivity index (χ4v) is 4.71. The van der Waals surface area contributed by atoms with Gasteiger partial charge in [0.25, 0.3) is 11.8 Å². The maximum atomic E-state index is 12.6. The van der Waals surface area contributed by atoms with E-state index in [0.29, 0.717) is 29.0 Å². The van der Waals surface area contributed by atoms with Crippen LogP contribution in [0.25, 0.3) is 0 Å². The Labute approximate surface area is 184 Å². The van der Waals surface area contributed by atoms with Crippen molar-refractivity contribution in [2.24, 2.45) is 5.92 Å². The summed E-state index contributed by atoms with van der Waals surface area (Å²) in [7, 11) is 0. The molecule has 0 spiro atoms. The SMILES string of the molecule is O=C(COc1ccccc1)Nc1ccc(C(=O)NC[C@H]2CCCN3CCCC[C@H]23)cc1. The zero-order valence-corrected chi connectivity index (χ0v) is 17.9. The van der Waals surface area contributed by atoms with E-state index in [-0.39, 0.29) is 18.4 Å². The monoisotopic (exact) mass is 421 g/mol. The fourth-order valence-electron chi connectivity index (χ4n) is 4.71. The number of carbonyl (C=O) groups excluding carboxylic acids is 2. The molecule has 2 aromatic rings. The molecule has 2 saturated heterocycles. The molecule has 0 aliphatic carbocycles. The highest BCUT2D eigenvalue weighted by molar-refractivity contribution is 5.96. The normalized spacial score (nSPS) is 21.0. The van der Waals surface area contributed by atoms with Crippen LogP contribution in [0.5, 0.6) is 5.75 Å². The van der Waals surface area contributed by atoms with Crippen molar-refractivity contribution in [2.75, 3.05) is 31.6 Å². The van der Waals surface area contributed by atoms with Gasteiger partial charge in [-0.25, -0.2) is 0 Å². The summed E-state index contributed by atoms with van der Waals surface area (Å²) in [6.45, 7) is 3.08. The van der Waals surface area contributed by atoms with Crippen LogP contribution < -0.4 is 15.4 Å². The minimum absolute atomic E-state index is 0.0572. The third-order valence-electron chi connectivity index (χ3n) is 6.30. The van der Waals surface area contributed by atoms with E-state index in [1.165, 1.54) is 45.2 Å². The molecule has 2 N–H and O–H groups in total. The number of fused-ring (bicyclic) bond motifs is 1. The second-order valence-electron chi connectivity index (χ2n) is 8.44. The lowest BCUT2D eigenvalue weighted by Crippen LogP contribution is -2.51. The summed E-state index contributed by atoms with van der Waals surface area (Å²) < 4.78 is 5.45. The molecule has 164 valence electrons. The number of anilines is 1. The zero-order chi connectivity index (χ0) is 21.5. The number of hydrogen-bond donors (Lipinski definition) is 2. The van der Waals surface area contributed by atoms with E-state index < -0.39 is 0 Å². The van der Waals surface area contributed by atoms with Gasteiger partial charge in [0.15, 0.2) is 6.61 Å². The molecule has 31 heavy (non-hydrogen) atoms. The minimum Gasteiger partial charge on any atom is -0.484 e. The van der Waals surface area contributed by atoms with Gasteiger partial charge in [0.1, 0.15) is 5.75 Å². The van der Waals surface area contributed by atoms with Crippen molar-refractivity contribution in [1.29, 1.82) is 0 Å². The Hall–Kier alpha value is -2.86. The van der Waals surface area contributed by atoms with E-state index in [0.717, 1.165) is 6.54 Å². The zero-order valence-electron chi connectivity index (χ0n) is 17.9. The van der Waals surface area contributed by atoms with Crippen LogP contribution in [0.2, 0.25) is 0 Å². The molecule has 2 atom stereocenters. The second-order valence-corrected chi connectivity index (χ2v) is 8.44. The number of amides is 2. The van der Waals surface area contributed by atoms with Crippen LogP contribution in [0.4, 0.5) is 5.69 Å². The summed E-state index contributed by atoms with van der Waals surface area (Å²) in [4.78, 5) is 27.3. The van der Waals surface area contributed by atoms with Crippen molar-refractivity contribution < 1.29 is 14.3 Å². The lowest BCUT2D eigenvalue weighted by atomic mass is 9.83. The third-order valence-corrected chi connectivity index (χ3v) is 6.30. The molecule has 2 aliphatic heterocycles. The summed E-state index contributed by atoms with van der Waals surface area (Å²) in [5.41, 5.74) is 1.25. The molecule has 0 radical (unpaired) electrons. The van der Waals surface area contributed by atoms with Crippen LogP contribution in [-0.2, 0) is 4.79 Å². The van der Waals surface area contributed by atoms with Gasteiger partial charge in [0.05, 0.1) is 0 Å². The largest absolute Gasteiger partial charge is 0.484 e. The molecule has 6 heteroatoms. The average Bonchev–Trinajstić information content (AvgIpc) is 2.82. The summed E-state index contributed by atoms with van der Waals surface area (Å²) in [6, 6.07) is 16.8. The molecule has 2 aliphatic rings. The van der Waals surface area contributed by atoms with Gasteiger partial charge >= 0.3 is 0 Å². The number of rotatable bonds is 7. The van der Waals surface area contributed by atoms with Crippen molar-refractivity contribution in [1.82, 2.24) is 10.2 Å². The van der Waals surface area contributed by atoms with Crippen molar-refractivity contribution in [2.45, 2.75) is 38.1 Å². The molecule has 0 bridgehead atoms. The van der Waals surface area contributed by atoms with E-state index in [1.807, 2.05) is 18.2 Å². The molecule has 0 unspecified atom stereocenters. The first-order valence-electron chi connectivity index (χ1n) is 11.3. The Balaban J connectivity index is 1.23. The van der Waals surface area contributed by atoms with E-state index >= 15 is 0 Å². The second kappa shape index (κ2) is 10.4. The number of benzene rings is 2. The standard InChI is InChI=1S/C25H31N3O3/c29-24(18-31-22-8-2-1-3-9-22)27-21-13-11-19(12-14-21)25(30)26-17-20-7-6-16-28-15-5-4-10-23(20)28/h1-3,8-9,11-14,20,23H,4-7,10,15-18H2,(H,26,30)(H,27,29)/t20-,23-/m1/s1. The van der Waals surface area contributed by atoms with Crippen molar-refractivity contribution in [3.05, 3.63) is 60.2 Å². The first kappa shape index (κ1) is 21.4. The van der Waals surface area contributed by atoms with Gasteiger partial charge in [-0.3, -0.25) is 9.59 Å². The Bertz CT molecular complexity index is 867. The van der Waals surface area contributed by atoms with Gasteiger partial charge in [0, 0.05) is 23.8 Å². The molecule has 4 rings (SSSR count). The third kappa shape index (κ3) is 5.85. The average molecular weight is 422 g/mol. The maximum absolute atomic E-state index is 12.6. The summed E-state index contributed by atoms with van der Waals surface area (Å²) in [5.74, 6) is 0.897. The van der Waals surface area contributed by atoms with Gasteiger partial charge in [-0.05, 0) is 81.1 Å². The van der Waals surface area contributed by atoms with Gasteiger partial charge in [0.2, 0.25) is 0 Å². The predicted molar refractivity (Wildman–Crippen MR) is 121 cm³/mol. The molecule has 2 fully saturated rings. The molecule has 2 amide bonds. The topological polar surface area (TPSA) is 70.7 Å². The van der Waals surface area contributed by atoms with Crippen LogP contribution in [0, 0.1) is 5.92 Å². The summed E-state index contributed by atoms with van der Waals surface area (Å²) in [6.07, 6.45) is 6.27. The summed E-state index contributed by atoms with van der Waals surface area (Å²) >= 11 is 0. The molecule has 6 nitrogen and oxygen atoms in total. The van der Waals surface area contributed by atoms with E-state index in [4.69, 9.17) is 4.74 Å². The lowest BCUT2D eigenvalue weighted by Gasteiger charge is -2.44. The fraction of sp³-hybridized carbons (Fsp3) is 0.440. The van der Waals surface area contributed by atoms with Crippen LogP contribution >= 0.6 is 0 Å². The Kier molecular flexibility index (Phi) is 7.20. The van der Waals surface area contributed by atoms with Crippen molar-refractivity contribution in [3.63, 3.8) is 0 Å². The number of para-hydroxylation sites is 1. The van der Waals surface area contributed by atoms with Crippen LogP contribution in [0.1, 0.15) is 42.5 Å². The smallest absolute Gasteiger partial charge is 0.262 e. The van der Waals surface area contributed by atoms with E-state index in [9.17, 15) is 9.59 Å². The van der Waals surface area contributed by atoms with Gasteiger partial charge in [-0.2, -0.15) is 0 Å². The molecule has 0 saturated carbocycles. The van der Waals surface area contributed by atoms with Crippen molar-refractivity contribution >= 4 is 17.5 Å². The van der Waals surface area contributed by atoms with Crippen molar-refractivity contribution in [3.8, 4) is 5.75 Å². The number of nitrogens with one attached hydrogen (secondary N) is 2. The highest BCUT2D eigenvalue weighted by Gasteiger charge is 2.32. The number of nitrogens with zero attached hydrogens (tertiary/aromatic N) is 1. The maximum Gasteiger partial charge on any atom is 0.262 e. The summed E-state index contributed by atoms with van der Waals surface area (Å²) in [5, 5.41) is 5.92. The predicted octanol–water partition coefficient (Wildman–Crippen LogP) is 3.70. The number of carbonyl (C=O) groups is 2. The molecular weight excluding hydrogens is 390 g/mol. The van der Waals surface area contributed by atoms with Gasteiger partial charge in [-0.15, -0.1) is 0 Å². The minimum atomic E-state index is -0.240. The van der Waals surface area contributed by atoms with Crippen LogP contribution in [-0.4, -0.2) is 49.0 Å². The molecule has 0 aromatic heterocycles. The quantitative estimate of drug-likeness (QED) is 0.715. The van der Waals surface area contributed by atoms with E-state index in [1.54, 1.807) is 36.4 Å². The van der Waals surface area contributed by atoms with Crippen LogP contribution in [0.3, 0.4) is 0 Å². The molecular formula is C25H31N3O3. The van der Waals surface area contributed by atoms with Gasteiger partial charge < -0.3 is 20.3 Å². The van der Waals surface area contributed by atoms with Gasteiger partial charge in [-0.1, -0.05) is 24.6 Å². The lowest BCUT2D eigenvalue weighted by molar-refractivity contribution is -0.118. The van der Waals surface area contributed by atoms with E-state index in [2.05, 4.69) is 15.5 Å². The highest BCUT2D eigenvalue weighted by atomic mass is 16.5. The number of piperidine rings is 2. The first-order valence-corrected chi connectivity index (χ1v) is 11.3. The number of hydrogen-bond acceptors (Lipinski definition) is 4. The Morgan fingerprint density at radius 2 is 1.71 bits per heavy atom. The number of ether oxygens (including phenoxy) is 1. The highest BCUT2D eigenvalue weighted by Crippen LogP contribution is 2.30. The Morgan fingerprint density at radius 3 is 2.52 bits per heavy atom. The first-order chi connectivity index (χ1) is 15.2. The molecule has 2 aromatic carbocycles. The van der Waals surface area contributed by atoms with Crippen LogP contribution in [0.15, 0.2) is 54.6 Å².